The first kappa shape index (κ1) is 10.6. The third-order valence-corrected chi connectivity index (χ3v) is 2.88. The van der Waals surface area contributed by atoms with E-state index in [9.17, 15) is 4.79 Å². The molecule has 0 atom stereocenters. The van der Waals surface area contributed by atoms with Gasteiger partial charge in [0.1, 0.15) is 12.7 Å². The number of nitrogens with zero attached hydrogens (tertiary/aromatic N) is 3. The van der Waals surface area contributed by atoms with E-state index in [-0.39, 0.29) is 0 Å². The van der Waals surface area contributed by atoms with Crippen molar-refractivity contribution >= 4 is 23.4 Å². The van der Waals surface area contributed by atoms with Crippen molar-refractivity contribution in [2.24, 2.45) is 0 Å². The van der Waals surface area contributed by atoms with Gasteiger partial charge in [0.15, 0.2) is 0 Å². The van der Waals surface area contributed by atoms with Gasteiger partial charge in [-0.1, -0.05) is 0 Å². The van der Waals surface area contributed by atoms with Crippen molar-refractivity contribution in [2.45, 2.75) is 6.54 Å². The average molecular weight is 235 g/mol. The molecule has 0 bridgehead atoms. The lowest BCUT2D eigenvalue weighted by molar-refractivity contribution is -0.131. The van der Waals surface area contributed by atoms with Crippen molar-refractivity contribution in [2.75, 3.05) is 0 Å². The lowest BCUT2D eigenvalue weighted by Gasteiger charge is -1.99. The van der Waals surface area contributed by atoms with Gasteiger partial charge in [0, 0.05) is 11.0 Å². The number of carbonyl (C=O) groups is 1. The summed E-state index contributed by atoms with van der Waals surface area (Å²) in [6.45, 7) is 0.608. The SMILES string of the molecule is O=C(O)C=Cc1ccsc1Cn1cncn1. The Balaban J connectivity index is 2.16. The molecule has 0 radical (unpaired) electrons. The largest absolute Gasteiger partial charge is 0.478 e. The number of aromatic nitrogens is 3. The minimum atomic E-state index is -0.946. The van der Waals surface area contributed by atoms with E-state index in [1.165, 1.54) is 6.33 Å². The van der Waals surface area contributed by atoms with E-state index in [2.05, 4.69) is 10.1 Å². The fourth-order valence-corrected chi connectivity index (χ4v) is 2.11. The third kappa shape index (κ3) is 2.54. The topological polar surface area (TPSA) is 68.0 Å². The predicted molar refractivity (Wildman–Crippen MR) is 60.1 cm³/mol. The molecule has 2 rings (SSSR count). The van der Waals surface area contributed by atoms with Crippen LogP contribution in [0.15, 0.2) is 30.2 Å². The van der Waals surface area contributed by atoms with E-state index < -0.39 is 5.97 Å². The van der Waals surface area contributed by atoms with Crippen molar-refractivity contribution in [1.82, 2.24) is 14.8 Å². The van der Waals surface area contributed by atoms with Crippen LogP contribution in [-0.2, 0) is 11.3 Å². The van der Waals surface area contributed by atoms with E-state index in [0.29, 0.717) is 6.54 Å². The molecule has 0 spiro atoms. The monoisotopic (exact) mass is 235 g/mol. The Morgan fingerprint density at radius 3 is 3.19 bits per heavy atom. The summed E-state index contributed by atoms with van der Waals surface area (Å²) in [4.78, 5) is 15.3. The second-order valence-corrected chi connectivity index (χ2v) is 4.06. The first-order valence-electron chi connectivity index (χ1n) is 4.55. The highest BCUT2D eigenvalue weighted by Crippen LogP contribution is 2.19. The van der Waals surface area contributed by atoms with Crippen LogP contribution in [0.25, 0.3) is 6.08 Å². The van der Waals surface area contributed by atoms with E-state index in [4.69, 9.17) is 5.11 Å². The molecule has 2 heterocycles. The van der Waals surface area contributed by atoms with Crippen LogP contribution in [0.5, 0.6) is 0 Å². The molecule has 0 saturated carbocycles. The Labute approximate surface area is 95.7 Å². The molecule has 82 valence electrons. The summed E-state index contributed by atoms with van der Waals surface area (Å²) in [6, 6.07) is 1.89. The van der Waals surface area contributed by atoms with Crippen molar-refractivity contribution in [3.63, 3.8) is 0 Å². The maximum absolute atomic E-state index is 10.4. The zero-order chi connectivity index (χ0) is 11.4. The number of thiophene rings is 1. The third-order valence-electron chi connectivity index (χ3n) is 1.96. The van der Waals surface area contributed by atoms with E-state index >= 15 is 0 Å². The first-order chi connectivity index (χ1) is 7.75. The molecule has 2 aromatic heterocycles. The van der Waals surface area contributed by atoms with Gasteiger partial charge in [-0.25, -0.2) is 14.5 Å². The molecule has 1 N–H and O–H groups in total. The fraction of sp³-hybridized carbons (Fsp3) is 0.100. The van der Waals surface area contributed by atoms with E-state index in [0.717, 1.165) is 16.5 Å². The van der Waals surface area contributed by atoms with Gasteiger partial charge in [0.25, 0.3) is 0 Å². The molecule has 0 unspecified atom stereocenters. The van der Waals surface area contributed by atoms with Crippen molar-refractivity contribution in [1.29, 1.82) is 0 Å². The van der Waals surface area contributed by atoms with Gasteiger partial charge in [0.05, 0.1) is 6.54 Å². The summed E-state index contributed by atoms with van der Waals surface area (Å²) in [5, 5.41) is 14.5. The zero-order valence-electron chi connectivity index (χ0n) is 8.28. The smallest absolute Gasteiger partial charge is 0.328 e. The van der Waals surface area contributed by atoms with E-state index in [1.807, 2.05) is 11.4 Å². The maximum Gasteiger partial charge on any atom is 0.328 e. The summed E-state index contributed by atoms with van der Waals surface area (Å²) in [6.07, 6.45) is 5.82. The summed E-state index contributed by atoms with van der Waals surface area (Å²) < 4.78 is 1.70. The molecule has 0 aliphatic heterocycles. The Morgan fingerprint density at radius 1 is 1.62 bits per heavy atom. The van der Waals surface area contributed by atoms with Crippen molar-refractivity contribution < 1.29 is 9.90 Å². The summed E-state index contributed by atoms with van der Waals surface area (Å²) >= 11 is 1.57. The molecule has 0 saturated heterocycles. The average Bonchev–Trinajstić information content (AvgIpc) is 2.87. The highest BCUT2D eigenvalue weighted by atomic mass is 32.1. The second-order valence-electron chi connectivity index (χ2n) is 3.06. The van der Waals surface area contributed by atoms with Crippen LogP contribution in [0.3, 0.4) is 0 Å². The Kier molecular flexibility index (Phi) is 3.11. The minimum Gasteiger partial charge on any atom is -0.478 e. The molecular weight excluding hydrogens is 226 g/mol. The zero-order valence-corrected chi connectivity index (χ0v) is 9.09. The molecule has 0 fully saturated rings. The number of aliphatic carboxylic acids is 1. The lowest BCUT2D eigenvalue weighted by atomic mass is 10.2. The molecule has 6 heteroatoms. The Morgan fingerprint density at radius 2 is 2.50 bits per heavy atom. The van der Waals surface area contributed by atoms with Crippen LogP contribution in [0.1, 0.15) is 10.4 Å². The Hall–Kier alpha value is -1.95. The normalized spacial score (nSPS) is 11.0. The first-order valence-corrected chi connectivity index (χ1v) is 5.43. The highest BCUT2D eigenvalue weighted by Gasteiger charge is 2.03. The van der Waals surface area contributed by atoms with Gasteiger partial charge >= 0.3 is 5.97 Å². The molecule has 0 aliphatic carbocycles. The molecule has 5 nitrogen and oxygen atoms in total. The molecule has 0 aromatic carbocycles. The number of rotatable bonds is 4. The van der Waals surface area contributed by atoms with Crippen molar-refractivity contribution in [3.05, 3.63) is 40.6 Å². The summed E-state index contributed by atoms with van der Waals surface area (Å²) in [5.41, 5.74) is 0.905. The molecule has 0 aliphatic rings. The molecule has 16 heavy (non-hydrogen) atoms. The van der Waals surface area contributed by atoms with Gasteiger partial charge in [-0.15, -0.1) is 11.3 Å². The Bertz CT molecular complexity index is 502. The van der Waals surface area contributed by atoms with Crippen LogP contribution in [-0.4, -0.2) is 25.8 Å². The number of hydrogen-bond acceptors (Lipinski definition) is 4. The molecule has 0 amide bonds. The van der Waals surface area contributed by atoms with Crippen LogP contribution >= 0.6 is 11.3 Å². The lowest BCUT2D eigenvalue weighted by Crippen LogP contribution is -1.99. The van der Waals surface area contributed by atoms with Gasteiger partial charge in [0.2, 0.25) is 0 Å². The van der Waals surface area contributed by atoms with Crippen LogP contribution in [0.4, 0.5) is 0 Å². The summed E-state index contributed by atoms with van der Waals surface area (Å²) in [5.74, 6) is -0.946. The van der Waals surface area contributed by atoms with Crippen molar-refractivity contribution in [3.8, 4) is 0 Å². The number of carboxylic acids is 1. The predicted octanol–water partition coefficient (Wildman–Crippen LogP) is 1.49. The van der Waals surface area contributed by atoms with Crippen LogP contribution < -0.4 is 0 Å². The van der Waals surface area contributed by atoms with Gasteiger partial charge < -0.3 is 5.11 Å². The van der Waals surface area contributed by atoms with Gasteiger partial charge in [-0.3, -0.25) is 0 Å². The van der Waals surface area contributed by atoms with Crippen LogP contribution in [0.2, 0.25) is 0 Å². The molecule has 2 aromatic rings. The number of carboxylic acid groups (broad SMARTS) is 1. The van der Waals surface area contributed by atoms with Gasteiger partial charge in [-0.05, 0) is 23.1 Å². The maximum atomic E-state index is 10.4. The number of hydrogen-bond donors (Lipinski definition) is 1. The summed E-state index contributed by atoms with van der Waals surface area (Å²) in [7, 11) is 0. The highest BCUT2D eigenvalue weighted by molar-refractivity contribution is 7.10. The second kappa shape index (κ2) is 4.71. The fourth-order valence-electron chi connectivity index (χ4n) is 1.25. The van der Waals surface area contributed by atoms with E-state index in [1.54, 1.807) is 28.4 Å². The standard InChI is InChI=1S/C10H9N3O2S/c14-10(15)2-1-8-3-4-16-9(8)5-13-7-11-6-12-13/h1-4,6-7H,5H2,(H,14,15). The molecular formula is C10H9N3O2S. The quantitative estimate of drug-likeness (QED) is 0.815. The van der Waals surface area contributed by atoms with Crippen LogP contribution in [0, 0.1) is 0 Å². The minimum absolute atomic E-state index is 0.608. The van der Waals surface area contributed by atoms with Gasteiger partial charge in [-0.2, -0.15) is 5.10 Å².